The molecule has 0 bridgehead atoms. The quantitative estimate of drug-likeness (QED) is 0.850. The van der Waals surface area contributed by atoms with Crippen LogP contribution in [0.1, 0.15) is 32.6 Å². The van der Waals surface area contributed by atoms with Gasteiger partial charge >= 0.3 is 6.03 Å². The number of nitrogens with one attached hydrogen (secondary N) is 2. The van der Waals surface area contributed by atoms with E-state index in [1.165, 1.54) is 43.4 Å². The van der Waals surface area contributed by atoms with Crippen LogP contribution in [0, 0.1) is 0 Å². The monoisotopic (exact) mass is 280 g/mol. The second-order valence-electron chi connectivity index (χ2n) is 5.32. The number of likely N-dealkylation sites (tertiary alicyclic amines) is 1. The van der Waals surface area contributed by atoms with Crippen molar-refractivity contribution in [2.75, 3.05) is 25.0 Å². The molecule has 1 unspecified atom stereocenters. The molecule has 7 nitrogen and oxygen atoms in total. The highest BCUT2D eigenvalue weighted by Gasteiger charge is 2.16. The van der Waals surface area contributed by atoms with Gasteiger partial charge in [-0.2, -0.15) is 10.1 Å². The van der Waals surface area contributed by atoms with Crippen molar-refractivity contribution in [1.82, 2.24) is 25.0 Å². The molecule has 1 atom stereocenters. The molecule has 1 aliphatic rings. The molecule has 2 N–H and O–H groups in total. The van der Waals surface area contributed by atoms with Crippen LogP contribution in [-0.2, 0) is 7.05 Å². The highest BCUT2D eigenvalue weighted by atomic mass is 16.2. The van der Waals surface area contributed by atoms with Crippen molar-refractivity contribution < 1.29 is 4.79 Å². The lowest BCUT2D eigenvalue weighted by Gasteiger charge is -2.32. The molecule has 2 heterocycles. The standard InChI is InChI=1S/C13H24N6O/c1-11(19-8-4-3-5-9-19)6-7-14-13(20)17-12-15-10-16-18(12)2/h10-11H,3-9H2,1-2H3,(H2,14,15,16,17,20). The van der Waals surface area contributed by atoms with Crippen molar-refractivity contribution in [2.24, 2.45) is 7.05 Å². The van der Waals surface area contributed by atoms with E-state index in [2.05, 4.69) is 32.5 Å². The van der Waals surface area contributed by atoms with Crippen molar-refractivity contribution >= 4 is 12.0 Å². The molecular formula is C13H24N6O. The number of rotatable bonds is 5. The Labute approximate surface area is 119 Å². The summed E-state index contributed by atoms with van der Waals surface area (Å²) in [6, 6.07) is 0.289. The van der Waals surface area contributed by atoms with Crippen LogP contribution in [0.5, 0.6) is 0 Å². The lowest BCUT2D eigenvalue weighted by atomic mass is 10.1. The molecule has 0 radical (unpaired) electrons. The largest absolute Gasteiger partial charge is 0.338 e. The Morgan fingerprint density at radius 3 is 2.80 bits per heavy atom. The van der Waals surface area contributed by atoms with Crippen LogP contribution in [-0.4, -0.2) is 51.4 Å². The normalized spacial score (nSPS) is 17.7. The minimum atomic E-state index is -0.230. The van der Waals surface area contributed by atoms with Gasteiger partial charge in [-0.1, -0.05) is 6.42 Å². The van der Waals surface area contributed by atoms with E-state index in [1.807, 2.05) is 0 Å². The van der Waals surface area contributed by atoms with Crippen molar-refractivity contribution in [1.29, 1.82) is 0 Å². The Hall–Kier alpha value is -1.63. The second-order valence-corrected chi connectivity index (χ2v) is 5.32. The van der Waals surface area contributed by atoms with Gasteiger partial charge in [0.05, 0.1) is 0 Å². The average molecular weight is 280 g/mol. The van der Waals surface area contributed by atoms with Gasteiger partial charge in [-0.05, 0) is 39.3 Å². The van der Waals surface area contributed by atoms with Crippen LogP contribution in [0.2, 0.25) is 0 Å². The molecule has 2 amide bonds. The summed E-state index contributed by atoms with van der Waals surface area (Å²) < 4.78 is 1.52. The molecule has 2 rings (SSSR count). The SMILES string of the molecule is CC(CCNC(=O)Nc1ncnn1C)N1CCCCC1. The zero-order valence-electron chi connectivity index (χ0n) is 12.3. The van der Waals surface area contributed by atoms with Gasteiger partial charge in [-0.3, -0.25) is 5.32 Å². The zero-order chi connectivity index (χ0) is 14.4. The third kappa shape index (κ3) is 4.19. The summed E-state index contributed by atoms with van der Waals surface area (Å²) in [4.78, 5) is 18.2. The van der Waals surface area contributed by atoms with Crippen molar-refractivity contribution in [3.05, 3.63) is 6.33 Å². The number of anilines is 1. The van der Waals surface area contributed by atoms with E-state index in [9.17, 15) is 4.79 Å². The van der Waals surface area contributed by atoms with Crippen LogP contribution in [0.15, 0.2) is 6.33 Å². The minimum absolute atomic E-state index is 0.230. The second kappa shape index (κ2) is 7.23. The summed E-state index contributed by atoms with van der Waals surface area (Å²) in [5.74, 6) is 0.451. The van der Waals surface area contributed by atoms with E-state index in [4.69, 9.17) is 0 Å². The van der Waals surface area contributed by atoms with E-state index in [1.54, 1.807) is 7.05 Å². The Kier molecular flexibility index (Phi) is 5.34. The summed E-state index contributed by atoms with van der Waals surface area (Å²) in [5, 5.41) is 9.43. The molecule has 1 aliphatic heterocycles. The average Bonchev–Trinajstić information content (AvgIpc) is 2.85. The molecule has 0 aromatic carbocycles. The number of urea groups is 1. The van der Waals surface area contributed by atoms with Crippen LogP contribution in [0.4, 0.5) is 10.7 Å². The molecule has 7 heteroatoms. The molecule has 1 aromatic rings. The van der Waals surface area contributed by atoms with Crippen LogP contribution in [0.25, 0.3) is 0 Å². The first kappa shape index (κ1) is 14.8. The highest BCUT2D eigenvalue weighted by Crippen LogP contribution is 2.13. The Balaban J connectivity index is 1.65. The first-order valence-electron chi connectivity index (χ1n) is 7.29. The van der Waals surface area contributed by atoms with E-state index < -0.39 is 0 Å². The predicted octanol–water partition coefficient (Wildman–Crippen LogP) is 1.20. The summed E-state index contributed by atoms with van der Waals surface area (Å²) >= 11 is 0. The summed E-state index contributed by atoms with van der Waals surface area (Å²) in [6.07, 6.45) is 6.32. The molecule has 1 fully saturated rings. The molecule has 20 heavy (non-hydrogen) atoms. The first-order valence-corrected chi connectivity index (χ1v) is 7.29. The fourth-order valence-corrected chi connectivity index (χ4v) is 2.49. The van der Waals surface area contributed by atoms with Gasteiger partial charge in [-0.25, -0.2) is 9.48 Å². The maximum atomic E-state index is 11.7. The lowest BCUT2D eigenvalue weighted by Crippen LogP contribution is -2.40. The van der Waals surface area contributed by atoms with E-state index in [0.717, 1.165) is 6.42 Å². The topological polar surface area (TPSA) is 75.1 Å². The Bertz CT molecular complexity index is 426. The molecule has 0 saturated carbocycles. The van der Waals surface area contributed by atoms with Gasteiger partial charge in [0.2, 0.25) is 5.95 Å². The Morgan fingerprint density at radius 2 is 2.15 bits per heavy atom. The number of amides is 2. The lowest BCUT2D eigenvalue weighted by molar-refractivity contribution is 0.166. The van der Waals surface area contributed by atoms with E-state index >= 15 is 0 Å². The van der Waals surface area contributed by atoms with E-state index in [0.29, 0.717) is 18.5 Å². The number of hydrogen-bond donors (Lipinski definition) is 2. The van der Waals surface area contributed by atoms with Gasteiger partial charge in [0.15, 0.2) is 0 Å². The molecule has 1 aromatic heterocycles. The fraction of sp³-hybridized carbons (Fsp3) is 0.769. The molecule has 0 aliphatic carbocycles. The number of carbonyl (C=O) groups excluding carboxylic acids is 1. The first-order chi connectivity index (χ1) is 9.66. The van der Waals surface area contributed by atoms with Gasteiger partial charge in [0.25, 0.3) is 0 Å². The van der Waals surface area contributed by atoms with E-state index in [-0.39, 0.29) is 6.03 Å². The summed E-state index contributed by atoms with van der Waals surface area (Å²) in [5.41, 5.74) is 0. The number of carbonyl (C=O) groups is 1. The van der Waals surface area contributed by atoms with Gasteiger partial charge in [0, 0.05) is 19.6 Å². The molecular weight excluding hydrogens is 256 g/mol. The van der Waals surface area contributed by atoms with Crippen LogP contribution in [0.3, 0.4) is 0 Å². The number of hydrogen-bond acceptors (Lipinski definition) is 4. The number of aromatic nitrogens is 3. The number of aryl methyl sites for hydroxylation is 1. The van der Waals surface area contributed by atoms with Crippen LogP contribution >= 0.6 is 0 Å². The Morgan fingerprint density at radius 1 is 1.40 bits per heavy atom. The van der Waals surface area contributed by atoms with Crippen LogP contribution < -0.4 is 10.6 Å². The third-order valence-electron chi connectivity index (χ3n) is 3.80. The number of nitrogens with zero attached hydrogens (tertiary/aromatic N) is 4. The maximum Gasteiger partial charge on any atom is 0.321 e. The highest BCUT2D eigenvalue weighted by molar-refractivity contribution is 5.87. The minimum Gasteiger partial charge on any atom is -0.338 e. The van der Waals surface area contributed by atoms with Crippen molar-refractivity contribution in [2.45, 2.75) is 38.6 Å². The summed E-state index contributed by atoms with van der Waals surface area (Å²) in [7, 11) is 1.74. The number of piperidine rings is 1. The van der Waals surface area contributed by atoms with Gasteiger partial charge in [0.1, 0.15) is 6.33 Å². The van der Waals surface area contributed by atoms with Crippen molar-refractivity contribution in [3.8, 4) is 0 Å². The zero-order valence-corrected chi connectivity index (χ0v) is 12.3. The van der Waals surface area contributed by atoms with Crippen molar-refractivity contribution in [3.63, 3.8) is 0 Å². The smallest absolute Gasteiger partial charge is 0.321 e. The fourth-order valence-electron chi connectivity index (χ4n) is 2.49. The molecule has 1 saturated heterocycles. The van der Waals surface area contributed by atoms with Gasteiger partial charge in [-0.15, -0.1) is 0 Å². The molecule has 112 valence electrons. The maximum absolute atomic E-state index is 11.7. The molecule has 0 spiro atoms. The predicted molar refractivity (Wildman–Crippen MR) is 77.5 cm³/mol. The summed E-state index contributed by atoms with van der Waals surface area (Å²) in [6.45, 7) is 5.27. The van der Waals surface area contributed by atoms with Gasteiger partial charge < -0.3 is 10.2 Å². The third-order valence-corrected chi connectivity index (χ3v) is 3.80.